The lowest BCUT2D eigenvalue weighted by Crippen LogP contribution is -2.17. The van der Waals surface area contributed by atoms with Crippen LogP contribution in [0.4, 0.5) is 0 Å². The van der Waals surface area contributed by atoms with Crippen molar-refractivity contribution in [2.75, 3.05) is 0 Å². The Kier molecular flexibility index (Phi) is 5.02. The molecule has 0 aliphatic heterocycles. The number of rotatable bonds is 6. The van der Waals surface area contributed by atoms with Crippen molar-refractivity contribution in [3.63, 3.8) is 0 Å². The van der Waals surface area contributed by atoms with E-state index in [4.69, 9.17) is 4.74 Å². The molecule has 0 spiro atoms. The second-order valence-corrected chi connectivity index (χ2v) is 4.20. The van der Waals surface area contributed by atoms with E-state index >= 15 is 0 Å². The summed E-state index contributed by atoms with van der Waals surface area (Å²) >= 11 is 0. The number of esters is 1. The monoisotopic (exact) mass is 224 g/mol. The molecule has 1 aromatic heterocycles. The van der Waals surface area contributed by atoms with Gasteiger partial charge in [0.2, 0.25) is 0 Å². The molecule has 1 atom stereocenters. The Bertz CT molecular complexity index is 307. The fraction of sp³-hybridized carbons (Fsp3) is 0.667. The highest BCUT2D eigenvalue weighted by Gasteiger charge is 2.16. The topological polar surface area (TPSA) is 44.1 Å². The molecule has 0 aliphatic rings. The second kappa shape index (κ2) is 6.30. The third kappa shape index (κ3) is 4.04. The molecular weight excluding hydrogens is 204 g/mol. The molecule has 1 aromatic rings. The molecule has 0 fully saturated rings. The fourth-order valence-corrected chi connectivity index (χ4v) is 1.68. The van der Waals surface area contributed by atoms with E-state index in [1.807, 2.05) is 24.6 Å². The number of hydrogen-bond donors (Lipinski definition) is 0. The summed E-state index contributed by atoms with van der Waals surface area (Å²) in [4.78, 5) is 15.6. The molecule has 16 heavy (non-hydrogen) atoms. The van der Waals surface area contributed by atoms with Gasteiger partial charge in [-0.3, -0.25) is 4.79 Å². The summed E-state index contributed by atoms with van der Waals surface area (Å²) in [5, 5.41) is 0. The highest BCUT2D eigenvalue weighted by Crippen LogP contribution is 2.18. The molecule has 1 heterocycles. The lowest BCUT2D eigenvalue weighted by Gasteiger charge is -2.17. The van der Waals surface area contributed by atoms with Gasteiger partial charge in [-0.1, -0.05) is 13.3 Å². The molecular formula is C12H20N2O2. The average Bonchev–Trinajstić information content (AvgIpc) is 2.68. The maximum absolute atomic E-state index is 11.6. The van der Waals surface area contributed by atoms with Gasteiger partial charge in [-0.05, 0) is 20.3 Å². The van der Waals surface area contributed by atoms with Gasteiger partial charge in [0, 0.05) is 18.4 Å². The molecule has 0 amide bonds. The van der Waals surface area contributed by atoms with E-state index in [0.29, 0.717) is 6.42 Å². The van der Waals surface area contributed by atoms with Gasteiger partial charge in [0.1, 0.15) is 0 Å². The number of aromatic nitrogens is 2. The minimum Gasteiger partial charge on any atom is -0.463 e. The lowest BCUT2D eigenvalue weighted by atomic mass is 10.1. The minimum absolute atomic E-state index is 0.0439. The standard InChI is InChI=1S/C12H20N2O2/c1-4-5-11(14-7-6-13-9-14)8-12(15)16-10(2)3/h6-7,9-11H,4-5,8H2,1-3H3. The molecule has 90 valence electrons. The van der Waals surface area contributed by atoms with E-state index in [1.165, 1.54) is 0 Å². The van der Waals surface area contributed by atoms with E-state index in [1.54, 1.807) is 12.5 Å². The normalized spacial score (nSPS) is 12.8. The summed E-state index contributed by atoms with van der Waals surface area (Å²) in [6.45, 7) is 5.84. The predicted octanol–water partition coefficient (Wildman–Crippen LogP) is 2.57. The van der Waals surface area contributed by atoms with E-state index in [9.17, 15) is 4.79 Å². The van der Waals surface area contributed by atoms with Crippen LogP contribution in [0.25, 0.3) is 0 Å². The first-order chi connectivity index (χ1) is 7.63. The molecule has 0 N–H and O–H groups in total. The first-order valence-corrected chi connectivity index (χ1v) is 5.80. The molecule has 0 saturated heterocycles. The number of imidazole rings is 1. The van der Waals surface area contributed by atoms with Crippen molar-refractivity contribution in [3.8, 4) is 0 Å². The van der Waals surface area contributed by atoms with Crippen molar-refractivity contribution in [2.45, 2.75) is 52.2 Å². The highest BCUT2D eigenvalue weighted by molar-refractivity contribution is 5.70. The quantitative estimate of drug-likeness (QED) is 0.697. The first-order valence-electron chi connectivity index (χ1n) is 5.80. The molecule has 0 radical (unpaired) electrons. The van der Waals surface area contributed by atoms with Crippen LogP contribution in [0.1, 0.15) is 46.1 Å². The minimum atomic E-state index is -0.137. The van der Waals surface area contributed by atoms with Crippen molar-refractivity contribution in [2.24, 2.45) is 0 Å². The first kappa shape index (κ1) is 12.7. The predicted molar refractivity (Wildman–Crippen MR) is 62.0 cm³/mol. The van der Waals surface area contributed by atoms with E-state index < -0.39 is 0 Å². The molecule has 4 nitrogen and oxygen atoms in total. The van der Waals surface area contributed by atoms with Gasteiger partial charge in [0.05, 0.1) is 18.9 Å². The maximum Gasteiger partial charge on any atom is 0.308 e. The fourth-order valence-electron chi connectivity index (χ4n) is 1.68. The Hall–Kier alpha value is -1.32. The summed E-state index contributed by atoms with van der Waals surface area (Å²) in [5.74, 6) is -0.137. The van der Waals surface area contributed by atoms with Gasteiger partial charge in [-0.2, -0.15) is 0 Å². The van der Waals surface area contributed by atoms with Gasteiger partial charge in [-0.15, -0.1) is 0 Å². The Morgan fingerprint density at radius 1 is 1.50 bits per heavy atom. The zero-order valence-electron chi connectivity index (χ0n) is 10.2. The second-order valence-electron chi connectivity index (χ2n) is 4.20. The molecule has 0 bridgehead atoms. The summed E-state index contributed by atoms with van der Waals surface area (Å²) < 4.78 is 7.13. The number of hydrogen-bond acceptors (Lipinski definition) is 3. The number of ether oxygens (including phenoxy) is 1. The average molecular weight is 224 g/mol. The van der Waals surface area contributed by atoms with Gasteiger partial charge >= 0.3 is 5.97 Å². The third-order valence-electron chi connectivity index (χ3n) is 2.34. The lowest BCUT2D eigenvalue weighted by molar-refractivity contribution is -0.148. The van der Waals surface area contributed by atoms with Crippen LogP contribution < -0.4 is 0 Å². The largest absolute Gasteiger partial charge is 0.463 e. The van der Waals surface area contributed by atoms with Crippen LogP contribution in [0, 0.1) is 0 Å². The molecule has 4 heteroatoms. The number of carbonyl (C=O) groups excluding carboxylic acids is 1. The smallest absolute Gasteiger partial charge is 0.308 e. The van der Waals surface area contributed by atoms with Crippen LogP contribution in [0.2, 0.25) is 0 Å². The van der Waals surface area contributed by atoms with Crippen LogP contribution in [0.15, 0.2) is 18.7 Å². The van der Waals surface area contributed by atoms with Crippen molar-refractivity contribution >= 4 is 5.97 Å². The van der Waals surface area contributed by atoms with Crippen molar-refractivity contribution in [1.29, 1.82) is 0 Å². The van der Waals surface area contributed by atoms with Crippen LogP contribution in [-0.2, 0) is 9.53 Å². The number of nitrogens with zero attached hydrogens (tertiary/aromatic N) is 2. The maximum atomic E-state index is 11.6. The Labute approximate surface area is 96.6 Å². The number of carbonyl (C=O) groups is 1. The van der Waals surface area contributed by atoms with Crippen molar-refractivity contribution < 1.29 is 9.53 Å². The van der Waals surface area contributed by atoms with Crippen LogP contribution >= 0.6 is 0 Å². The van der Waals surface area contributed by atoms with Crippen LogP contribution in [-0.4, -0.2) is 21.6 Å². The Balaban J connectivity index is 2.55. The van der Waals surface area contributed by atoms with E-state index in [0.717, 1.165) is 12.8 Å². The van der Waals surface area contributed by atoms with Gasteiger partial charge in [-0.25, -0.2) is 4.98 Å². The summed E-state index contributed by atoms with van der Waals surface area (Å²) in [7, 11) is 0. The molecule has 0 aliphatic carbocycles. The van der Waals surface area contributed by atoms with Gasteiger partial charge in [0.15, 0.2) is 0 Å². The molecule has 0 aromatic carbocycles. The zero-order chi connectivity index (χ0) is 12.0. The Morgan fingerprint density at radius 2 is 2.25 bits per heavy atom. The van der Waals surface area contributed by atoms with E-state index in [2.05, 4.69) is 11.9 Å². The highest BCUT2D eigenvalue weighted by atomic mass is 16.5. The van der Waals surface area contributed by atoms with Crippen molar-refractivity contribution in [3.05, 3.63) is 18.7 Å². The molecule has 1 unspecified atom stereocenters. The summed E-state index contributed by atoms with van der Waals surface area (Å²) in [6.07, 6.45) is 7.75. The van der Waals surface area contributed by atoms with E-state index in [-0.39, 0.29) is 18.1 Å². The summed E-state index contributed by atoms with van der Waals surface area (Å²) in [6, 6.07) is 0.166. The van der Waals surface area contributed by atoms with Gasteiger partial charge < -0.3 is 9.30 Å². The van der Waals surface area contributed by atoms with Crippen molar-refractivity contribution in [1.82, 2.24) is 9.55 Å². The molecule has 1 rings (SSSR count). The van der Waals surface area contributed by atoms with Gasteiger partial charge in [0.25, 0.3) is 0 Å². The third-order valence-corrected chi connectivity index (χ3v) is 2.34. The SMILES string of the molecule is CCCC(CC(=O)OC(C)C)n1ccnc1. The molecule has 0 saturated carbocycles. The zero-order valence-corrected chi connectivity index (χ0v) is 10.2. The summed E-state index contributed by atoms with van der Waals surface area (Å²) in [5.41, 5.74) is 0. The van der Waals surface area contributed by atoms with Crippen LogP contribution in [0.3, 0.4) is 0 Å². The van der Waals surface area contributed by atoms with Crippen LogP contribution in [0.5, 0.6) is 0 Å². The Morgan fingerprint density at radius 3 is 2.75 bits per heavy atom.